The Morgan fingerprint density at radius 3 is 2.11 bits per heavy atom. The molecular weight excluding hydrogens is 108 g/mol. The molecule has 1 rings (SSSR count). The summed E-state index contributed by atoms with van der Waals surface area (Å²) in [7, 11) is 0. The second kappa shape index (κ2) is 1.86. The predicted molar refractivity (Wildman–Crippen MR) is 41.3 cm³/mol. The van der Waals surface area contributed by atoms with Crippen molar-refractivity contribution in [1.29, 1.82) is 0 Å². The Hall–Kier alpha value is -0.260. The number of hydrogen-bond acceptors (Lipinski definition) is 0. The lowest BCUT2D eigenvalue weighted by Gasteiger charge is -2.45. The van der Waals surface area contributed by atoms with Crippen LogP contribution >= 0.6 is 0 Å². The minimum absolute atomic E-state index is 0.561. The molecule has 9 heavy (non-hydrogen) atoms. The van der Waals surface area contributed by atoms with Crippen LogP contribution in [0.25, 0.3) is 0 Å². The monoisotopic (exact) mass is 124 g/mol. The van der Waals surface area contributed by atoms with Crippen LogP contribution in [0.4, 0.5) is 0 Å². The van der Waals surface area contributed by atoms with Crippen molar-refractivity contribution in [2.75, 3.05) is 0 Å². The first kappa shape index (κ1) is 6.85. The van der Waals surface area contributed by atoms with E-state index in [4.69, 9.17) is 0 Å². The van der Waals surface area contributed by atoms with E-state index in [1.807, 2.05) is 0 Å². The highest BCUT2D eigenvalue weighted by atomic mass is 14.4. The van der Waals surface area contributed by atoms with Crippen LogP contribution in [0.2, 0.25) is 0 Å². The lowest BCUT2D eigenvalue weighted by molar-refractivity contribution is 0.104. The number of allylic oxidation sites excluding steroid dienone is 1. The Balaban J connectivity index is 2.55. The Bertz CT molecular complexity index is 131. The van der Waals surface area contributed by atoms with Crippen LogP contribution in [0.1, 0.15) is 33.6 Å². The summed E-state index contributed by atoms with van der Waals surface area (Å²) >= 11 is 0. The summed E-state index contributed by atoms with van der Waals surface area (Å²) in [6.45, 7) is 10.8. The van der Waals surface area contributed by atoms with Crippen LogP contribution in [-0.2, 0) is 0 Å². The molecule has 0 aliphatic heterocycles. The summed E-state index contributed by atoms with van der Waals surface area (Å²) in [5.41, 5.74) is 1.93. The fourth-order valence-corrected chi connectivity index (χ4v) is 1.78. The van der Waals surface area contributed by atoms with Crippen molar-refractivity contribution in [3.05, 3.63) is 12.2 Å². The zero-order chi connectivity index (χ0) is 7.07. The maximum atomic E-state index is 3.97. The van der Waals surface area contributed by atoms with Crippen molar-refractivity contribution in [2.24, 2.45) is 11.3 Å². The molecule has 0 heterocycles. The van der Waals surface area contributed by atoms with Gasteiger partial charge in [0.15, 0.2) is 0 Å². The second-order valence-electron chi connectivity index (χ2n) is 3.93. The number of hydrogen-bond donors (Lipinski definition) is 0. The van der Waals surface area contributed by atoms with Gasteiger partial charge in [-0.3, -0.25) is 0 Å². The topological polar surface area (TPSA) is 0 Å². The molecule has 1 unspecified atom stereocenters. The summed E-state index contributed by atoms with van der Waals surface area (Å²) in [4.78, 5) is 0. The Morgan fingerprint density at radius 1 is 1.56 bits per heavy atom. The Morgan fingerprint density at radius 2 is 2.11 bits per heavy atom. The van der Waals surface area contributed by atoms with Gasteiger partial charge in [0.1, 0.15) is 0 Å². The molecule has 0 aromatic heterocycles. The van der Waals surface area contributed by atoms with Crippen LogP contribution in [0.15, 0.2) is 12.2 Å². The van der Waals surface area contributed by atoms with Gasteiger partial charge in [-0.1, -0.05) is 26.0 Å². The van der Waals surface area contributed by atoms with Crippen molar-refractivity contribution in [3.63, 3.8) is 0 Å². The molecule has 0 heteroatoms. The molecule has 0 spiro atoms. The molecule has 1 atom stereocenters. The van der Waals surface area contributed by atoms with Gasteiger partial charge >= 0.3 is 0 Å². The van der Waals surface area contributed by atoms with Gasteiger partial charge in [-0.15, -0.1) is 0 Å². The van der Waals surface area contributed by atoms with Gasteiger partial charge in [0.2, 0.25) is 0 Å². The average molecular weight is 124 g/mol. The molecule has 1 aliphatic carbocycles. The summed E-state index contributed by atoms with van der Waals surface area (Å²) in [5, 5.41) is 0. The molecule has 0 saturated heterocycles. The third kappa shape index (κ3) is 1.03. The highest BCUT2D eigenvalue weighted by Crippen LogP contribution is 2.48. The minimum Gasteiger partial charge on any atom is -0.0998 e. The van der Waals surface area contributed by atoms with Crippen molar-refractivity contribution < 1.29 is 0 Å². The lowest BCUT2D eigenvalue weighted by atomic mass is 9.60. The van der Waals surface area contributed by atoms with E-state index >= 15 is 0 Å². The van der Waals surface area contributed by atoms with Crippen molar-refractivity contribution in [2.45, 2.75) is 33.6 Å². The van der Waals surface area contributed by atoms with Gasteiger partial charge < -0.3 is 0 Å². The Kier molecular flexibility index (Phi) is 1.42. The van der Waals surface area contributed by atoms with Crippen LogP contribution in [0, 0.1) is 11.3 Å². The van der Waals surface area contributed by atoms with Gasteiger partial charge in [-0.2, -0.15) is 0 Å². The van der Waals surface area contributed by atoms with Crippen LogP contribution < -0.4 is 0 Å². The molecule has 0 N–H and O–H groups in total. The van der Waals surface area contributed by atoms with E-state index in [1.165, 1.54) is 18.4 Å². The van der Waals surface area contributed by atoms with E-state index in [0.717, 1.165) is 5.92 Å². The SMILES string of the molecule is C=C(C)C1CCC1(C)C. The molecule has 0 radical (unpaired) electrons. The predicted octanol–water partition coefficient (Wildman–Crippen LogP) is 3.00. The molecule has 0 nitrogen and oxygen atoms in total. The molecule has 52 valence electrons. The first-order valence-corrected chi connectivity index (χ1v) is 3.69. The standard InChI is InChI=1S/C9H16/c1-7(2)8-5-6-9(8,3)4/h8H,1,5-6H2,2-4H3. The van der Waals surface area contributed by atoms with Crippen molar-refractivity contribution in [1.82, 2.24) is 0 Å². The van der Waals surface area contributed by atoms with E-state index < -0.39 is 0 Å². The molecule has 1 aliphatic rings. The molecule has 1 saturated carbocycles. The van der Waals surface area contributed by atoms with Gasteiger partial charge in [0.05, 0.1) is 0 Å². The van der Waals surface area contributed by atoms with E-state index in [-0.39, 0.29) is 0 Å². The van der Waals surface area contributed by atoms with Crippen molar-refractivity contribution in [3.8, 4) is 0 Å². The van der Waals surface area contributed by atoms with E-state index in [2.05, 4.69) is 27.4 Å². The lowest BCUT2D eigenvalue weighted by Crippen LogP contribution is -2.34. The van der Waals surface area contributed by atoms with Crippen LogP contribution in [0.3, 0.4) is 0 Å². The molecule has 0 aromatic rings. The van der Waals surface area contributed by atoms with E-state index in [1.54, 1.807) is 0 Å². The van der Waals surface area contributed by atoms with Crippen LogP contribution in [0.5, 0.6) is 0 Å². The minimum atomic E-state index is 0.561. The fraction of sp³-hybridized carbons (Fsp3) is 0.778. The van der Waals surface area contributed by atoms with Gasteiger partial charge in [0, 0.05) is 0 Å². The zero-order valence-corrected chi connectivity index (χ0v) is 6.70. The molecular formula is C9H16. The van der Waals surface area contributed by atoms with Gasteiger partial charge in [0.25, 0.3) is 0 Å². The van der Waals surface area contributed by atoms with E-state index in [9.17, 15) is 0 Å². The summed E-state index contributed by atoms with van der Waals surface area (Å²) in [5.74, 6) is 0.803. The van der Waals surface area contributed by atoms with Gasteiger partial charge in [-0.05, 0) is 31.1 Å². The highest BCUT2D eigenvalue weighted by molar-refractivity contribution is 5.07. The van der Waals surface area contributed by atoms with Crippen LogP contribution in [-0.4, -0.2) is 0 Å². The summed E-state index contributed by atoms with van der Waals surface area (Å²) in [6, 6.07) is 0. The first-order chi connectivity index (χ1) is 4.04. The highest BCUT2D eigenvalue weighted by Gasteiger charge is 2.38. The maximum Gasteiger partial charge on any atom is -0.0157 e. The molecule has 0 bridgehead atoms. The number of rotatable bonds is 1. The maximum absolute atomic E-state index is 3.97. The molecule has 1 fully saturated rings. The molecule has 0 aromatic carbocycles. The zero-order valence-electron chi connectivity index (χ0n) is 6.70. The normalized spacial score (nSPS) is 31.2. The summed E-state index contributed by atoms with van der Waals surface area (Å²) < 4.78 is 0. The van der Waals surface area contributed by atoms with Gasteiger partial charge in [-0.25, -0.2) is 0 Å². The molecule has 0 amide bonds. The fourth-order valence-electron chi connectivity index (χ4n) is 1.78. The smallest absolute Gasteiger partial charge is 0.0157 e. The largest absolute Gasteiger partial charge is 0.0998 e. The average Bonchev–Trinajstić information content (AvgIpc) is 1.62. The second-order valence-corrected chi connectivity index (χ2v) is 3.93. The van der Waals surface area contributed by atoms with E-state index in [0.29, 0.717) is 5.41 Å². The third-order valence-corrected chi connectivity index (χ3v) is 2.62. The van der Waals surface area contributed by atoms with Crippen molar-refractivity contribution >= 4 is 0 Å². The summed E-state index contributed by atoms with van der Waals surface area (Å²) in [6.07, 6.45) is 2.74. The first-order valence-electron chi connectivity index (χ1n) is 3.69. The Labute approximate surface area is 58.0 Å². The quantitative estimate of drug-likeness (QED) is 0.471. The third-order valence-electron chi connectivity index (χ3n) is 2.62.